The van der Waals surface area contributed by atoms with Crippen molar-refractivity contribution in [2.24, 2.45) is 7.05 Å². The molecule has 23 heavy (non-hydrogen) atoms. The van der Waals surface area contributed by atoms with E-state index in [2.05, 4.69) is 15.2 Å². The van der Waals surface area contributed by atoms with Crippen LogP contribution in [-0.4, -0.2) is 27.8 Å². The van der Waals surface area contributed by atoms with Gasteiger partial charge in [-0.1, -0.05) is 12.1 Å². The third kappa shape index (κ3) is 5.26. The van der Waals surface area contributed by atoms with Crippen LogP contribution in [0.15, 0.2) is 36.7 Å². The summed E-state index contributed by atoms with van der Waals surface area (Å²) in [5.41, 5.74) is 0.371. The Morgan fingerprint density at radius 2 is 1.91 bits per heavy atom. The molecule has 8 heteroatoms. The van der Waals surface area contributed by atoms with E-state index in [1.165, 1.54) is 24.3 Å². The Morgan fingerprint density at radius 1 is 1.26 bits per heavy atom. The van der Waals surface area contributed by atoms with Crippen molar-refractivity contribution in [3.8, 4) is 5.75 Å². The number of hydrogen-bond donors (Lipinski definition) is 2. The number of benzene rings is 1. The second-order valence-electron chi connectivity index (χ2n) is 5.47. The van der Waals surface area contributed by atoms with Crippen molar-refractivity contribution in [2.75, 3.05) is 6.54 Å². The molecule has 0 amide bonds. The molecule has 0 saturated heterocycles. The van der Waals surface area contributed by atoms with E-state index in [9.17, 15) is 18.3 Å². The molecular formula is C15H18F3N3O2. The Morgan fingerprint density at radius 3 is 2.43 bits per heavy atom. The Bertz CT molecular complexity index is 636. The van der Waals surface area contributed by atoms with E-state index in [1.54, 1.807) is 31.0 Å². The fourth-order valence-electron chi connectivity index (χ4n) is 2.06. The standard InChI is InChI=1S/C15H18F3N3O2/c1-14(22,12-8-20-21(2)9-12)10-19-7-11-3-5-13(6-4-11)23-15(16,17)18/h3-6,8-9,19,22H,7,10H2,1-2H3. The quantitative estimate of drug-likeness (QED) is 0.854. The molecule has 2 aromatic rings. The maximum Gasteiger partial charge on any atom is 0.573 e. The number of nitrogens with zero attached hydrogens (tertiary/aromatic N) is 2. The molecular weight excluding hydrogens is 311 g/mol. The molecule has 1 aromatic heterocycles. The van der Waals surface area contributed by atoms with Gasteiger partial charge >= 0.3 is 6.36 Å². The third-order valence-corrected chi connectivity index (χ3v) is 3.28. The number of aliphatic hydroxyl groups is 1. The lowest BCUT2D eigenvalue weighted by atomic mass is 9.99. The molecule has 1 atom stereocenters. The number of alkyl halides is 3. The topological polar surface area (TPSA) is 59.3 Å². The summed E-state index contributed by atoms with van der Waals surface area (Å²) in [5, 5.41) is 17.5. The van der Waals surface area contributed by atoms with Crippen LogP contribution in [0.5, 0.6) is 5.75 Å². The van der Waals surface area contributed by atoms with Gasteiger partial charge in [0.2, 0.25) is 0 Å². The summed E-state index contributed by atoms with van der Waals surface area (Å²) < 4.78 is 41.6. The van der Waals surface area contributed by atoms with E-state index in [4.69, 9.17) is 0 Å². The number of hydrogen-bond acceptors (Lipinski definition) is 4. The predicted molar refractivity (Wildman–Crippen MR) is 77.6 cm³/mol. The summed E-state index contributed by atoms with van der Waals surface area (Å²) in [6, 6.07) is 5.58. The van der Waals surface area contributed by atoms with Crippen LogP contribution in [0.3, 0.4) is 0 Å². The number of ether oxygens (including phenoxy) is 1. The zero-order valence-electron chi connectivity index (χ0n) is 12.8. The van der Waals surface area contributed by atoms with E-state index in [0.29, 0.717) is 12.1 Å². The molecule has 0 saturated carbocycles. The highest BCUT2D eigenvalue weighted by Crippen LogP contribution is 2.23. The maximum atomic E-state index is 12.1. The van der Waals surface area contributed by atoms with Crippen LogP contribution in [0.2, 0.25) is 0 Å². The van der Waals surface area contributed by atoms with Crippen LogP contribution in [0, 0.1) is 0 Å². The van der Waals surface area contributed by atoms with E-state index >= 15 is 0 Å². The van der Waals surface area contributed by atoms with Gasteiger partial charge in [-0.3, -0.25) is 4.68 Å². The molecule has 0 radical (unpaired) electrons. The zero-order valence-corrected chi connectivity index (χ0v) is 12.8. The van der Waals surface area contributed by atoms with Crippen LogP contribution >= 0.6 is 0 Å². The summed E-state index contributed by atoms with van der Waals surface area (Å²) in [6.45, 7) is 2.35. The highest BCUT2D eigenvalue weighted by molar-refractivity contribution is 5.27. The maximum absolute atomic E-state index is 12.1. The molecule has 0 aliphatic carbocycles. The van der Waals surface area contributed by atoms with Crippen LogP contribution in [0.25, 0.3) is 0 Å². The minimum atomic E-state index is -4.69. The highest BCUT2D eigenvalue weighted by Gasteiger charge is 2.31. The summed E-state index contributed by atoms with van der Waals surface area (Å²) in [7, 11) is 1.76. The molecule has 0 spiro atoms. The average Bonchev–Trinajstić information content (AvgIpc) is 2.86. The van der Waals surface area contributed by atoms with Crippen LogP contribution in [0.1, 0.15) is 18.1 Å². The largest absolute Gasteiger partial charge is 0.573 e. The van der Waals surface area contributed by atoms with Crippen LogP contribution in [-0.2, 0) is 19.2 Å². The monoisotopic (exact) mass is 329 g/mol. The first-order valence-corrected chi connectivity index (χ1v) is 6.93. The van der Waals surface area contributed by atoms with E-state index < -0.39 is 12.0 Å². The SMILES string of the molecule is Cn1cc(C(C)(O)CNCc2ccc(OC(F)(F)F)cc2)cn1. The molecule has 0 fully saturated rings. The van der Waals surface area contributed by atoms with E-state index in [-0.39, 0.29) is 12.3 Å². The molecule has 2 N–H and O–H groups in total. The predicted octanol–water partition coefficient (Wildman–Crippen LogP) is 2.32. The second-order valence-corrected chi connectivity index (χ2v) is 5.47. The second kappa shape index (κ2) is 6.59. The number of rotatable bonds is 6. The fraction of sp³-hybridized carbons (Fsp3) is 0.400. The Kier molecular flexibility index (Phi) is 4.96. The molecule has 5 nitrogen and oxygen atoms in total. The lowest BCUT2D eigenvalue weighted by Crippen LogP contribution is -2.34. The summed E-state index contributed by atoms with van der Waals surface area (Å²) in [5.74, 6) is -0.261. The van der Waals surface area contributed by atoms with Gasteiger partial charge in [-0.15, -0.1) is 13.2 Å². The minimum absolute atomic E-state index is 0.261. The highest BCUT2D eigenvalue weighted by atomic mass is 19.4. The van der Waals surface area contributed by atoms with Gasteiger partial charge < -0.3 is 15.2 Å². The van der Waals surface area contributed by atoms with Gasteiger partial charge in [0.05, 0.1) is 6.20 Å². The Balaban J connectivity index is 1.86. The van der Waals surface area contributed by atoms with Crippen molar-refractivity contribution in [3.63, 3.8) is 0 Å². The lowest BCUT2D eigenvalue weighted by molar-refractivity contribution is -0.274. The van der Waals surface area contributed by atoms with Crippen molar-refractivity contribution in [3.05, 3.63) is 47.8 Å². The number of halogens is 3. The van der Waals surface area contributed by atoms with Crippen LogP contribution < -0.4 is 10.1 Å². The summed E-state index contributed by atoms with van der Waals surface area (Å²) in [6.07, 6.45) is -1.38. The van der Waals surface area contributed by atoms with Crippen molar-refractivity contribution in [1.29, 1.82) is 0 Å². The number of aryl methyl sites for hydroxylation is 1. The van der Waals surface area contributed by atoms with Gasteiger partial charge in [-0.2, -0.15) is 5.10 Å². The fourth-order valence-corrected chi connectivity index (χ4v) is 2.06. The molecule has 0 aliphatic rings. The van der Waals surface area contributed by atoms with Crippen molar-refractivity contribution >= 4 is 0 Å². The van der Waals surface area contributed by atoms with E-state index in [0.717, 1.165) is 5.56 Å². The first-order valence-electron chi connectivity index (χ1n) is 6.93. The average molecular weight is 329 g/mol. The molecule has 1 unspecified atom stereocenters. The van der Waals surface area contributed by atoms with Gasteiger partial charge in [-0.25, -0.2) is 0 Å². The molecule has 1 heterocycles. The Labute approximate surface area is 131 Å². The van der Waals surface area contributed by atoms with E-state index in [1.807, 2.05) is 0 Å². The van der Waals surface area contributed by atoms with Crippen molar-refractivity contribution < 1.29 is 23.0 Å². The van der Waals surface area contributed by atoms with Gasteiger partial charge in [0, 0.05) is 31.9 Å². The molecule has 2 rings (SSSR count). The van der Waals surface area contributed by atoms with Gasteiger partial charge in [0.1, 0.15) is 11.4 Å². The molecule has 126 valence electrons. The molecule has 1 aromatic carbocycles. The summed E-state index contributed by atoms with van der Waals surface area (Å²) in [4.78, 5) is 0. The van der Waals surface area contributed by atoms with Crippen molar-refractivity contribution in [2.45, 2.75) is 25.4 Å². The minimum Gasteiger partial charge on any atom is -0.406 e. The lowest BCUT2D eigenvalue weighted by Gasteiger charge is -2.22. The van der Waals surface area contributed by atoms with Crippen molar-refractivity contribution in [1.82, 2.24) is 15.1 Å². The third-order valence-electron chi connectivity index (χ3n) is 3.28. The normalized spacial score (nSPS) is 14.5. The number of aromatic nitrogens is 2. The van der Waals surface area contributed by atoms with Gasteiger partial charge in [0.25, 0.3) is 0 Å². The van der Waals surface area contributed by atoms with Gasteiger partial charge in [-0.05, 0) is 24.6 Å². The first-order chi connectivity index (χ1) is 10.7. The number of nitrogens with one attached hydrogen (secondary N) is 1. The van der Waals surface area contributed by atoms with Crippen LogP contribution in [0.4, 0.5) is 13.2 Å². The Hall–Kier alpha value is -2.06. The smallest absolute Gasteiger partial charge is 0.406 e. The summed E-state index contributed by atoms with van der Waals surface area (Å²) >= 11 is 0. The molecule has 0 bridgehead atoms. The first kappa shape index (κ1) is 17.3. The van der Waals surface area contributed by atoms with Gasteiger partial charge in [0.15, 0.2) is 0 Å². The molecule has 0 aliphatic heterocycles. The zero-order chi connectivity index (χ0) is 17.1.